The van der Waals surface area contributed by atoms with Gasteiger partial charge >= 0.3 is 0 Å². The molecule has 0 aromatic heterocycles. The zero-order valence-corrected chi connectivity index (χ0v) is 9.48. The fraction of sp³-hybridized carbons (Fsp3) is 1.00. The number of sulfone groups is 1. The number of hydrogen-bond acceptors (Lipinski definition) is 4. The lowest BCUT2D eigenvalue weighted by molar-refractivity contribution is 0.117. The van der Waals surface area contributed by atoms with E-state index in [4.69, 9.17) is 4.74 Å². The standard InChI is InChI=1S/C9H19NO3S/c1-14(11,12)7-3-6-13-8-9-4-2-5-10-9/h9-10H,2-8H2,1H3. The van der Waals surface area contributed by atoms with Crippen molar-refractivity contribution < 1.29 is 13.2 Å². The van der Waals surface area contributed by atoms with E-state index in [0.29, 0.717) is 25.7 Å². The van der Waals surface area contributed by atoms with E-state index in [-0.39, 0.29) is 5.75 Å². The monoisotopic (exact) mass is 221 g/mol. The smallest absolute Gasteiger partial charge is 0.147 e. The molecule has 5 heteroatoms. The Morgan fingerprint density at radius 2 is 2.29 bits per heavy atom. The summed E-state index contributed by atoms with van der Waals surface area (Å²) in [6, 6.07) is 0.480. The van der Waals surface area contributed by atoms with Gasteiger partial charge in [0.2, 0.25) is 0 Å². The van der Waals surface area contributed by atoms with Crippen molar-refractivity contribution in [3.8, 4) is 0 Å². The van der Waals surface area contributed by atoms with Gasteiger partial charge in [0.15, 0.2) is 0 Å². The van der Waals surface area contributed by atoms with Crippen molar-refractivity contribution in [2.45, 2.75) is 25.3 Å². The molecule has 1 unspecified atom stereocenters. The minimum absolute atomic E-state index is 0.227. The van der Waals surface area contributed by atoms with Gasteiger partial charge in [0, 0.05) is 18.9 Å². The molecule has 1 atom stereocenters. The highest BCUT2D eigenvalue weighted by Gasteiger charge is 2.13. The van der Waals surface area contributed by atoms with Gasteiger partial charge in [-0.1, -0.05) is 0 Å². The predicted octanol–water partition coefficient (Wildman–Crippen LogP) is 0.190. The second-order valence-electron chi connectivity index (χ2n) is 3.85. The molecular weight excluding hydrogens is 202 g/mol. The Labute approximate surface area is 85.9 Å². The van der Waals surface area contributed by atoms with Gasteiger partial charge in [0.25, 0.3) is 0 Å². The molecule has 0 aromatic rings. The summed E-state index contributed by atoms with van der Waals surface area (Å²) in [6.07, 6.45) is 4.25. The summed E-state index contributed by atoms with van der Waals surface area (Å²) in [5.41, 5.74) is 0. The van der Waals surface area contributed by atoms with Crippen LogP contribution in [-0.2, 0) is 14.6 Å². The molecule has 1 N–H and O–H groups in total. The third-order valence-electron chi connectivity index (χ3n) is 2.29. The van der Waals surface area contributed by atoms with E-state index >= 15 is 0 Å². The maximum Gasteiger partial charge on any atom is 0.147 e. The van der Waals surface area contributed by atoms with Gasteiger partial charge in [-0.05, 0) is 25.8 Å². The Balaban J connectivity index is 1.94. The fourth-order valence-electron chi connectivity index (χ4n) is 1.55. The average molecular weight is 221 g/mol. The highest BCUT2D eigenvalue weighted by atomic mass is 32.2. The van der Waals surface area contributed by atoms with Crippen molar-refractivity contribution in [3.05, 3.63) is 0 Å². The summed E-state index contributed by atoms with van der Waals surface area (Å²) in [5, 5.41) is 3.32. The topological polar surface area (TPSA) is 55.4 Å². The SMILES string of the molecule is CS(=O)(=O)CCCOCC1CCCN1. The first-order valence-corrected chi connectivity index (χ1v) is 7.13. The van der Waals surface area contributed by atoms with Crippen molar-refractivity contribution in [1.29, 1.82) is 0 Å². The molecule has 84 valence electrons. The second kappa shape index (κ2) is 5.68. The summed E-state index contributed by atoms with van der Waals surface area (Å²) in [6.45, 7) is 2.34. The zero-order valence-electron chi connectivity index (χ0n) is 8.66. The Kier molecular flexibility index (Phi) is 4.84. The van der Waals surface area contributed by atoms with Gasteiger partial charge in [0.1, 0.15) is 9.84 Å². The van der Waals surface area contributed by atoms with E-state index < -0.39 is 9.84 Å². The molecule has 0 bridgehead atoms. The van der Waals surface area contributed by atoms with Gasteiger partial charge in [-0.3, -0.25) is 0 Å². The molecular formula is C9H19NO3S. The van der Waals surface area contributed by atoms with Gasteiger partial charge in [-0.2, -0.15) is 0 Å². The van der Waals surface area contributed by atoms with Crippen LogP contribution in [-0.4, -0.2) is 46.2 Å². The van der Waals surface area contributed by atoms with Crippen LogP contribution in [0.3, 0.4) is 0 Å². The Morgan fingerprint density at radius 1 is 1.50 bits per heavy atom. The normalized spacial score (nSPS) is 22.8. The summed E-state index contributed by atoms with van der Waals surface area (Å²) >= 11 is 0. The average Bonchev–Trinajstić information content (AvgIpc) is 2.54. The molecule has 0 amide bonds. The molecule has 0 aliphatic carbocycles. The van der Waals surface area contributed by atoms with Crippen LogP contribution < -0.4 is 5.32 Å². The number of hydrogen-bond donors (Lipinski definition) is 1. The quantitative estimate of drug-likeness (QED) is 0.651. The third kappa shape index (κ3) is 5.57. The van der Waals surface area contributed by atoms with Crippen LogP contribution >= 0.6 is 0 Å². The van der Waals surface area contributed by atoms with Crippen LogP contribution in [0.25, 0.3) is 0 Å². The summed E-state index contributed by atoms with van der Waals surface area (Å²) in [7, 11) is -2.82. The minimum atomic E-state index is -2.82. The first kappa shape index (κ1) is 11.9. The van der Waals surface area contributed by atoms with Gasteiger partial charge < -0.3 is 10.1 Å². The lowest BCUT2D eigenvalue weighted by atomic mass is 10.2. The van der Waals surface area contributed by atoms with Crippen LogP contribution in [0.1, 0.15) is 19.3 Å². The van der Waals surface area contributed by atoms with Crippen molar-refractivity contribution in [2.24, 2.45) is 0 Å². The highest BCUT2D eigenvalue weighted by Crippen LogP contribution is 2.04. The molecule has 14 heavy (non-hydrogen) atoms. The summed E-state index contributed by atoms with van der Waals surface area (Å²) < 4.78 is 27.0. The molecule has 1 rings (SSSR count). The molecule has 1 saturated heterocycles. The van der Waals surface area contributed by atoms with E-state index in [1.807, 2.05) is 0 Å². The van der Waals surface area contributed by atoms with Crippen LogP contribution in [0.2, 0.25) is 0 Å². The summed E-state index contributed by atoms with van der Waals surface area (Å²) in [5.74, 6) is 0.227. The zero-order chi connectivity index (χ0) is 10.4. The van der Waals surface area contributed by atoms with Crippen molar-refractivity contribution >= 4 is 9.84 Å². The van der Waals surface area contributed by atoms with Crippen LogP contribution in [0.5, 0.6) is 0 Å². The van der Waals surface area contributed by atoms with Gasteiger partial charge in [-0.15, -0.1) is 0 Å². The number of rotatable bonds is 6. The molecule has 1 heterocycles. The molecule has 0 saturated carbocycles. The van der Waals surface area contributed by atoms with Crippen LogP contribution in [0, 0.1) is 0 Å². The number of nitrogens with one attached hydrogen (secondary N) is 1. The van der Waals surface area contributed by atoms with Crippen molar-refractivity contribution in [2.75, 3.05) is 31.8 Å². The second-order valence-corrected chi connectivity index (χ2v) is 6.11. The van der Waals surface area contributed by atoms with E-state index in [9.17, 15) is 8.42 Å². The largest absolute Gasteiger partial charge is 0.380 e. The molecule has 1 aliphatic heterocycles. The maximum atomic E-state index is 10.8. The van der Waals surface area contributed by atoms with E-state index in [1.54, 1.807) is 0 Å². The lowest BCUT2D eigenvalue weighted by Gasteiger charge is -2.10. The van der Waals surface area contributed by atoms with Crippen LogP contribution in [0.15, 0.2) is 0 Å². The predicted molar refractivity (Wildman–Crippen MR) is 56.2 cm³/mol. The molecule has 0 spiro atoms. The molecule has 4 nitrogen and oxygen atoms in total. The van der Waals surface area contributed by atoms with Crippen LogP contribution in [0.4, 0.5) is 0 Å². The first-order chi connectivity index (χ1) is 6.58. The number of ether oxygens (including phenoxy) is 1. The third-order valence-corrected chi connectivity index (χ3v) is 3.32. The maximum absolute atomic E-state index is 10.8. The molecule has 1 fully saturated rings. The van der Waals surface area contributed by atoms with Gasteiger partial charge in [0.05, 0.1) is 12.4 Å². The Bertz CT molecular complexity index is 245. The Morgan fingerprint density at radius 3 is 2.86 bits per heavy atom. The molecule has 0 aromatic carbocycles. The first-order valence-electron chi connectivity index (χ1n) is 5.07. The van der Waals surface area contributed by atoms with Crippen molar-refractivity contribution in [3.63, 3.8) is 0 Å². The van der Waals surface area contributed by atoms with Crippen molar-refractivity contribution in [1.82, 2.24) is 5.32 Å². The van der Waals surface area contributed by atoms with Gasteiger partial charge in [-0.25, -0.2) is 8.42 Å². The lowest BCUT2D eigenvalue weighted by Crippen LogP contribution is -2.27. The fourth-order valence-corrected chi connectivity index (χ4v) is 2.19. The van der Waals surface area contributed by atoms with E-state index in [0.717, 1.165) is 6.54 Å². The minimum Gasteiger partial charge on any atom is -0.380 e. The summed E-state index contributed by atoms with van der Waals surface area (Å²) in [4.78, 5) is 0. The highest BCUT2D eigenvalue weighted by molar-refractivity contribution is 7.90. The molecule has 0 radical (unpaired) electrons. The van der Waals surface area contributed by atoms with E-state index in [2.05, 4.69) is 5.32 Å². The Hall–Kier alpha value is -0.130. The molecule has 1 aliphatic rings. The van der Waals surface area contributed by atoms with E-state index in [1.165, 1.54) is 19.1 Å².